The maximum Gasteiger partial charge on any atom is 0.221 e. The fourth-order valence-corrected chi connectivity index (χ4v) is 2.42. The third-order valence-electron chi connectivity index (χ3n) is 3.36. The highest BCUT2D eigenvalue weighted by Gasteiger charge is 2.23. The normalized spacial score (nSPS) is 17.5. The van der Waals surface area contributed by atoms with Gasteiger partial charge in [-0.15, -0.1) is 0 Å². The van der Waals surface area contributed by atoms with E-state index in [1.54, 1.807) is 20.5 Å². The van der Waals surface area contributed by atoms with E-state index in [2.05, 4.69) is 15.4 Å². The predicted octanol–water partition coefficient (Wildman–Crippen LogP) is 1.70. The first-order chi connectivity index (χ1) is 9.33. The van der Waals surface area contributed by atoms with E-state index >= 15 is 0 Å². The largest absolute Gasteiger partial charge is 0.493 e. The third kappa shape index (κ3) is 1.99. The Morgan fingerprint density at radius 1 is 1.26 bits per heavy atom. The molecule has 1 aliphatic heterocycles. The van der Waals surface area contributed by atoms with Crippen LogP contribution < -0.4 is 14.8 Å². The molecule has 3 rings (SSSR count). The van der Waals surface area contributed by atoms with Gasteiger partial charge in [0, 0.05) is 6.54 Å². The first kappa shape index (κ1) is 11.8. The van der Waals surface area contributed by atoms with Crippen LogP contribution in [0.15, 0.2) is 24.5 Å². The van der Waals surface area contributed by atoms with Crippen LogP contribution in [0.25, 0.3) is 0 Å². The molecular weight excluding hydrogens is 244 g/mol. The predicted molar refractivity (Wildman–Crippen MR) is 70.8 cm³/mol. The molecule has 1 aliphatic rings. The molecule has 1 unspecified atom stereocenters. The van der Waals surface area contributed by atoms with Gasteiger partial charge in [0.25, 0.3) is 0 Å². The maximum absolute atomic E-state index is 5.35. The zero-order chi connectivity index (χ0) is 13.2. The lowest BCUT2D eigenvalue weighted by molar-refractivity contribution is 0.353. The molecule has 1 aromatic carbocycles. The molecule has 0 fully saturated rings. The maximum atomic E-state index is 5.35. The van der Waals surface area contributed by atoms with Gasteiger partial charge in [0.05, 0.1) is 20.3 Å². The Kier molecular flexibility index (Phi) is 2.98. The monoisotopic (exact) mass is 260 g/mol. The van der Waals surface area contributed by atoms with Crippen molar-refractivity contribution >= 4 is 5.95 Å². The molecule has 1 aromatic heterocycles. The Morgan fingerprint density at radius 2 is 2.11 bits per heavy atom. The molecule has 6 nitrogen and oxygen atoms in total. The number of anilines is 1. The van der Waals surface area contributed by atoms with Crippen LogP contribution in [-0.4, -0.2) is 35.5 Å². The molecule has 0 saturated heterocycles. The summed E-state index contributed by atoms with van der Waals surface area (Å²) in [5.41, 5.74) is 1.14. The van der Waals surface area contributed by atoms with Crippen LogP contribution in [0.3, 0.4) is 0 Å². The molecule has 0 radical (unpaired) electrons. The second-order valence-electron chi connectivity index (χ2n) is 4.37. The van der Waals surface area contributed by atoms with Crippen molar-refractivity contribution in [3.05, 3.63) is 30.1 Å². The van der Waals surface area contributed by atoms with Crippen LogP contribution in [0.5, 0.6) is 11.5 Å². The first-order valence-electron chi connectivity index (χ1n) is 6.19. The second kappa shape index (κ2) is 4.79. The number of nitrogens with zero attached hydrogens (tertiary/aromatic N) is 3. The van der Waals surface area contributed by atoms with Gasteiger partial charge >= 0.3 is 0 Å². The van der Waals surface area contributed by atoms with Crippen LogP contribution in [0.1, 0.15) is 18.0 Å². The topological polar surface area (TPSA) is 61.2 Å². The fraction of sp³-hybridized carbons (Fsp3) is 0.385. The van der Waals surface area contributed by atoms with Crippen molar-refractivity contribution in [2.75, 3.05) is 26.1 Å². The molecule has 2 heterocycles. The number of hydrogen-bond donors (Lipinski definition) is 1. The molecule has 19 heavy (non-hydrogen) atoms. The highest BCUT2D eigenvalue weighted by atomic mass is 16.5. The van der Waals surface area contributed by atoms with E-state index in [4.69, 9.17) is 9.47 Å². The molecule has 6 heteroatoms. The van der Waals surface area contributed by atoms with Crippen molar-refractivity contribution in [1.29, 1.82) is 0 Å². The lowest BCUT2D eigenvalue weighted by Gasteiger charge is -2.25. The van der Waals surface area contributed by atoms with Gasteiger partial charge in [-0.3, -0.25) is 0 Å². The van der Waals surface area contributed by atoms with E-state index < -0.39 is 0 Å². The van der Waals surface area contributed by atoms with Gasteiger partial charge in [0.2, 0.25) is 5.95 Å². The standard InChI is InChI=1S/C13H16N4O2/c1-18-11-4-3-9(7-12(11)19-2)10-5-6-14-13-15-8-16-17(10)13/h3-4,7-8,10H,5-6H2,1-2H3,(H,14,15,16). The van der Waals surface area contributed by atoms with E-state index in [1.807, 2.05) is 22.9 Å². The summed E-state index contributed by atoms with van der Waals surface area (Å²) in [5, 5.41) is 7.51. The Labute approximate surface area is 111 Å². The van der Waals surface area contributed by atoms with Gasteiger partial charge in [-0.05, 0) is 24.1 Å². The van der Waals surface area contributed by atoms with Gasteiger partial charge in [-0.1, -0.05) is 6.07 Å². The van der Waals surface area contributed by atoms with Gasteiger partial charge in [-0.25, -0.2) is 4.68 Å². The zero-order valence-corrected chi connectivity index (χ0v) is 11.0. The summed E-state index contributed by atoms with van der Waals surface area (Å²) in [7, 11) is 3.28. The van der Waals surface area contributed by atoms with E-state index in [0.717, 1.165) is 36.0 Å². The smallest absolute Gasteiger partial charge is 0.221 e. The quantitative estimate of drug-likeness (QED) is 0.910. The van der Waals surface area contributed by atoms with E-state index in [0.29, 0.717) is 0 Å². The molecule has 100 valence electrons. The van der Waals surface area contributed by atoms with E-state index in [9.17, 15) is 0 Å². The van der Waals surface area contributed by atoms with E-state index in [1.165, 1.54) is 0 Å². The number of fused-ring (bicyclic) bond motifs is 1. The summed E-state index contributed by atoms with van der Waals surface area (Å²) in [6.07, 6.45) is 2.53. The lowest BCUT2D eigenvalue weighted by Crippen LogP contribution is -2.24. The van der Waals surface area contributed by atoms with Crippen LogP contribution in [0.2, 0.25) is 0 Å². The minimum atomic E-state index is 0.179. The summed E-state index contributed by atoms with van der Waals surface area (Å²) < 4.78 is 12.5. The van der Waals surface area contributed by atoms with Gasteiger partial charge < -0.3 is 14.8 Å². The highest BCUT2D eigenvalue weighted by Crippen LogP contribution is 2.34. The highest BCUT2D eigenvalue weighted by molar-refractivity contribution is 5.44. The number of aromatic nitrogens is 3. The van der Waals surface area contributed by atoms with Crippen molar-refractivity contribution in [2.24, 2.45) is 0 Å². The van der Waals surface area contributed by atoms with Crippen LogP contribution in [-0.2, 0) is 0 Å². The molecule has 0 amide bonds. The van der Waals surface area contributed by atoms with Crippen molar-refractivity contribution < 1.29 is 9.47 Å². The average Bonchev–Trinajstić information content (AvgIpc) is 2.94. The molecular formula is C13H16N4O2. The summed E-state index contributed by atoms with van der Waals surface area (Å²) in [6, 6.07) is 6.15. The Hall–Kier alpha value is -2.24. The van der Waals surface area contributed by atoms with Gasteiger partial charge in [-0.2, -0.15) is 10.1 Å². The minimum Gasteiger partial charge on any atom is -0.493 e. The molecule has 2 aromatic rings. The number of benzene rings is 1. The number of ether oxygens (including phenoxy) is 2. The third-order valence-corrected chi connectivity index (χ3v) is 3.36. The second-order valence-corrected chi connectivity index (χ2v) is 4.37. The molecule has 0 saturated carbocycles. The number of rotatable bonds is 3. The first-order valence-corrected chi connectivity index (χ1v) is 6.19. The van der Waals surface area contributed by atoms with Crippen LogP contribution >= 0.6 is 0 Å². The van der Waals surface area contributed by atoms with E-state index in [-0.39, 0.29) is 6.04 Å². The number of nitrogens with one attached hydrogen (secondary N) is 1. The Balaban J connectivity index is 2.00. The molecule has 0 bridgehead atoms. The van der Waals surface area contributed by atoms with Crippen LogP contribution in [0.4, 0.5) is 5.95 Å². The lowest BCUT2D eigenvalue weighted by atomic mass is 10.0. The zero-order valence-electron chi connectivity index (χ0n) is 11.0. The SMILES string of the molecule is COc1ccc(C2CCNc3ncnn32)cc1OC. The summed E-state index contributed by atoms with van der Waals surface area (Å²) >= 11 is 0. The van der Waals surface area contributed by atoms with Gasteiger partial charge in [0.15, 0.2) is 11.5 Å². The van der Waals surface area contributed by atoms with Crippen molar-refractivity contribution in [2.45, 2.75) is 12.5 Å². The Bertz CT molecular complexity index is 582. The van der Waals surface area contributed by atoms with Gasteiger partial charge in [0.1, 0.15) is 6.33 Å². The van der Waals surface area contributed by atoms with Crippen molar-refractivity contribution in [3.8, 4) is 11.5 Å². The molecule has 0 spiro atoms. The van der Waals surface area contributed by atoms with Crippen molar-refractivity contribution in [1.82, 2.24) is 14.8 Å². The number of methoxy groups -OCH3 is 2. The number of hydrogen-bond acceptors (Lipinski definition) is 5. The summed E-state index contributed by atoms with van der Waals surface area (Å²) in [4.78, 5) is 4.19. The average molecular weight is 260 g/mol. The fourth-order valence-electron chi connectivity index (χ4n) is 2.42. The molecule has 0 aliphatic carbocycles. The molecule has 1 atom stereocenters. The summed E-state index contributed by atoms with van der Waals surface area (Å²) in [5.74, 6) is 2.28. The summed E-state index contributed by atoms with van der Waals surface area (Å²) in [6.45, 7) is 0.887. The van der Waals surface area contributed by atoms with Crippen molar-refractivity contribution in [3.63, 3.8) is 0 Å². The van der Waals surface area contributed by atoms with Crippen LogP contribution in [0, 0.1) is 0 Å². The Morgan fingerprint density at radius 3 is 2.89 bits per heavy atom. The molecule has 1 N–H and O–H groups in total. The minimum absolute atomic E-state index is 0.179.